The average Bonchev–Trinajstić information content (AvgIpc) is 2.77. The van der Waals surface area contributed by atoms with Crippen LogP contribution in [0.25, 0.3) is 0 Å². The molecule has 2 N–H and O–H groups in total. The van der Waals surface area contributed by atoms with Crippen molar-refractivity contribution in [3.8, 4) is 0 Å². The van der Waals surface area contributed by atoms with Gasteiger partial charge in [-0.3, -0.25) is 9.69 Å². The van der Waals surface area contributed by atoms with Crippen molar-refractivity contribution in [3.63, 3.8) is 0 Å². The zero-order valence-electron chi connectivity index (χ0n) is 9.74. The van der Waals surface area contributed by atoms with Crippen molar-refractivity contribution in [1.29, 1.82) is 0 Å². The summed E-state index contributed by atoms with van der Waals surface area (Å²) in [5, 5.41) is 6.49. The molecule has 4 heteroatoms. The van der Waals surface area contributed by atoms with Crippen molar-refractivity contribution >= 4 is 5.91 Å². The van der Waals surface area contributed by atoms with E-state index in [1.54, 1.807) is 0 Å². The molecule has 3 fully saturated rings. The smallest absolute Gasteiger partial charge is 0.237 e. The average molecular weight is 223 g/mol. The van der Waals surface area contributed by atoms with Crippen molar-refractivity contribution < 1.29 is 4.79 Å². The molecule has 0 aromatic carbocycles. The fraction of sp³-hybridized carbons (Fsp3) is 0.917. The Morgan fingerprint density at radius 1 is 1.12 bits per heavy atom. The molecule has 0 aromatic rings. The van der Waals surface area contributed by atoms with Crippen molar-refractivity contribution in [1.82, 2.24) is 15.5 Å². The predicted molar refractivity (Wildman–Crippen MR) is 62.1 cm³/mol. The normalized spacial score (nSPS) is 40.5. The third kappa shape index (κ3) is 1.84. The molecular formula is C12H21N3O. The third-order valence-corrected chi connectivity index (χ3v) is 4.36. The van der Waals surface area contributed by atoms with Gasteiger partial charge in [0, 0.05) is 19.6 Å². The van der Waals surface area contributed by atoms with Crippen LogP contribution in [0, 0.1) is 11.8 Å². The van der Waals surface area contributed by atoms with Crippen molar-refractivity contribution in [3.05, 3.63) is 0 Å². The minimum absolute atomic E-state index is 0.160. The van der Waals surface area contributed by atoms with Gasteiger partial charge in [-0.25, -0.2) is 0 Å². The van der Waals surface area contributed by atoms with Crippen LogP contribution in [0.15, 0.2) is 0 Å². The molecule has 3 aliphatic heterocycles. The van der Waals surface area contributed by atoms with Gasteiger partial charge in [-0.2, -0.15) is 0 Å². The van der Waals surface area contributed by atoms with Crippen molar-refractivity contribution in [2.45, 2.75) is 25.3 Å². The number of nitrogens with one attached hydrogen (secondary N) is 2. The van der Waals surface area contributed by atoms with E-state index in [-0.39, 0.29) is 11.9 Å². The van der Waals surface area contributed by atoms with Gasteiger partial charge in [-0.1, -0.05) is 0 Å². The number of fused-ring (bicyclic) bond motifs is 1. The van der Waals surface area contributed by atoms with Crippen molar-refractivity contribution in [2.75, 3.05) is 32.7 Å². The van der Waals surface area contributed by atoms with E-state index in [9.17, 15) is 4.79 Å². The Kier molecular flexibility index (Phi) is 2.86. The number of hydrogen-bond donors (Lipinski definition) is 2. The van der Waals surface area contributed by atoms with Crippen LogP contribution in [-0.4, -0.2) is 49.6 Å². The van der Waals surface area contributed by atoms with E-state index in [1.165, 1.54) is 6.42 Å². The quantitative estimate of drug-likeness (QED) is 0.647. The first-order valence-corrected chi connectivity index (χ1v) is 6.57. The number of likely N-dealkylation sites (tertiary alicyclic amines) is 1. The van der Waals surface area contributed by atoms with Gasteiger partial charge in [0.05, 0.1) is 6.04 Å². The summed E-state index contributed by atoms with van der Waals surface area (Å²) in [7, 11) is 0. The van der Waals surface area contributed by atoms with Crippen LogP contribution in [0.2, 0.25) is 0 Å². The molecule has 0 saturated carbocycles. The minimum atomic E-state index is 0.160. The fourth-order valence-electron chi connectivity index (χ4n) is 3.42. The summed E-state index contributed by atoms with van der Waals surface area (Å²) < 4.78 is 0. The summed E-state index contributed by atoms with van der Waals surface area (Å²) in [6.45, 7) is 5.41. The van der Waals surface area contributed by atoms with E-state index in [0.29, 0.717) is 0 Å². The van der Waals surface area contributed by atoms with E-state index >= 15 is 0 Å². The van der Waals surface area contributed by atoms with Gasteiger partial charge < -0.3 is 10.6 Å². The van der Waals surface area contributed by atoms with Gasteiger partial charge in [0.1, 0.15) is 0 Å². The van der Waals surface area contributed by atoms with E-state index in [2.05, 4.69) is 15.5 Å². The molecule has 0 radical (unpaired) electrons. The summed E-state index contributed by atoms with van der Waals surface area (Å²) in [5.41, 5.74) is 0. The molecule has 4 nitrogen and oxygen atoms in total. The predicted octanol–water partition coefficient (Wildman–Crippen LogP) is -0.194. The maximum absolute atomic E-state index is 12.0. The molecule has 1 amide bonds. The van der Waals surface area contributed by atoms with E-state index in [0.717, 1.165) is 57.4 Å². The molecule has 0 bridgehead atoms. The highest BCUT2D eigenvalue weighted by atomic mass is 16.2. The Bertz CT molecular complexity index is 269. The van der Waals surface area contributed by atoms with Crippen LogP contribution in [0.1, 0.15) is 19.3 Å². The van der Waals surface area contributed by atoms with E-state index < -0.39 is 0 Å². The maximum atomic E-state index is 12.0. The number of carbonyl (C=O) groups excluding carboxylic acids is 1. The lowest BCUT2D eigenvalue weighted by atomic mass is 10.0. The van der Waals surface area contributed by atoms with Gasteiger partial charge in [0.25, 0.3) is 0 Å². The molecular weight excluding hydrogens is 202 g/mol. The fourth-order valence-corrected chi connectivity index (χ4v) is 3.42. The van der Waals surface area contributed by atoms with Crippen molar-refractivity contribution in [2.24, 2.45) is 11.8 Å². The molecule has 16 heavy (non-hydrogen) atoms. The van der Waals surface area contributed by atoms with Crippen LogP contribution in [0.4, 0.5) is 0 Å². The lowest BCUT2D eigenvalue weighted by molar-refractivity contribution is -0.125. The standard InChI is InChI=1S/C12H21N3O/c16-12-11(3-1-2-4-14-12)15-7-9-5-13-6-10(9)8-15/h9-11,13H,1-8H2,(H,14,16). The first kappa shape index (κ1) is 10.5. The summed E-state index contributed by atoms with van der Waals surface area (Å²) in [5.74, 6) is 1.84. The molecule has 0 spiro atoms. The zero-order chi connectivity index (χ0) is 11.0. The Morgan fingerprint density at radius 3 is 2.62 bits per heavy atom. The second kappa shape index (κ2) is 4.34. The first-order valence-electron chi connectivity index (χ1n) is 6.57. The second-order valence-electron chi connectivity index (χ2n) is 5.43. The molecule has 90 valence electrons. The maximum Gasteiger partial charge on any atom is 0.237 e. The summed E-state index contributed by atoms with van der Waals surface area (Å²) in [6.07, 6.45) is 3.39. The highest BCUT2D eigenvalue weighted by Crippen LogP contribution is 2.29. The largest absolute Gasteiger partial charge is 0.355 e. The molecule has 3 saturated heterocycles. The summed E-state index contributed by atoms with van der Waals surface area (Å²) in [4.78, 5) is 14.4. The van der Waals surface area contributed by atoms with Gasteiger partial charge in [-0.05, 0) is 44.2 Å². The number of hydrogen-bond acceptors (Lipinski definition) is 3. The molecule has 0 aliphatic carbocycles. The summed E-state index contributed by atoms with van der Waals surface area (Å²) >= 11 is 0. The van der Waals surface area contributed by atoms with Crippen LogP contribution >= 0.6 is 0 Å². The third-order valence-electron chi connectivity index (χ3n) is 4.36. The number of nitrogens with zero attached hydrogens (tertiary/aromatic N) is 1. The Labute approximate surface area is 96.8 Å². The number of amides is 1. The zero-order valence-corrected chi connectivity index (χ0v) is 9.74. The Balaban J connectivity index is 1.66. The minimum Gasteiger partial charge on any atom is -0.355 e. The topological polar surface area (TPSA) is 44.4 Å². The highest BCUT2D eigenvalue weighted by molar-refractivity contribution is 5.82. The van der Waals surface area contributed by atoms with Crippen LogP contribution in [0.5, 0.6) is 0 Å². The SMILES string of the molecule is O=C1NCCCCC1N1CC2CNCC2C1. The van der Waals surface area contributed by atoms with E-state index in [4.69, 9.17) is 0 Å². The number of rotatable bonds is 1. The monoisotopic (exact) mass is 223 g/mol. The van der Waals surface area contributed by atoms with Gasteiger partial charge in [0.15, 0.2) is 0 Å². The van der Waals surface area contributed by atoms with Gasteiger partial charge >= 0.3 is 0 Å². The molecule has 3 aliphatic rings. The molecule has 0 aromatic heterocycles. The molecule has 3 unspecified atom stereocenters. The van der Waals surface area contributed by atoms with E-state index in [1.807, 2.05) is 0 Å². The van der Waals surface area contributed by atoms with Crippen LogP contribution in [0.3, 0.4) is 0 Å². The lowest BCUT2D eigenvalue weighted by Gasteiger charge is -2.25. The van der Waals surface area contributed by atoms with Crippen LogP contribution in [-0.2, 0) is 4.79 Å². The summed E-state index contributed by atoms with van der Waals surface area (Å²) in [6, 6.07) is 0.160. The molecule has 3 atom stereocenters. The first-order chi connectivity index (χ1) is 7.84. The highest BCUT2D eigenvalue weighted by Gasteiger charge is 2.40. The molecule has 3 heterocycles. The Morgan fingerprint density at radius 2 is 1.88 bits per heavy atom. The van der Waals surface area contributed by atoms with Crippen LogP contribution < -0.4 is 10.6 Å². The second-order valence-corrected chi connectivity index (χ2v) is 5.43. The van der Waals surface area contributed by atoms with Gasteiger partial charge in [0.2, 0.25) is 5.91 Å². The molecule has 3 rings (SSSR count). The number of carbonyl (C=O) groups is 1. The van der Waals surface area contributed by atoms with Gasteiger partial charge in [-0.15, -0.1) is 0 Å². The Hall–Kier alpha value is -0.610. The lowest BCUT2D eigenvalue weighted by Crippen LogP contribution is -2.45.